The molecule has 4 heteroatoms. The number of hydrogen-bond acceptors (Lipinski definition) is 4. The normalized spacial score (nSPS) is 22.6. The predicted molar refractivity (Wildman–Crippen MR) is 177 cm³/mol. The SMILES string of the molecule is C/C(C=N)=C/N.C/C(C=N)=C/N.Cc1ccc(C2CCC(C)CC2)cc1.Cc1ccc(C2CCC(C)CC2)cc1. The Bertz CT molecular complexity index is 932. The molecule has 0 saturated heterocycles. The van der Waals surface area contributed by atoms with E-state index >= 15 is 0 Å². The third-order valence-electron chi connectivity index (χ3n) is 8.11. The fourth-order valence-electron chi connectivity index (χ4n) is 4.96. The maximum Gasteiger partial charge on any atom is 0.0221 e. The fourth-order valence-corrected chi connectivity index (χ4v) is 4.96. The number of allylic oxidation sites excluding steroid dienone is 2. The van der Waals surface area contributed by atoms with E-state index in [9.17, 15) is 0 Å². The van der Waals surface area contributed by atoms with Gasteiger partial charge in [0.25, 0.3) is 0 Å². The molecule has 2 fully saturated rings. The van der Waals surface area contributed by atoms with Crippen molar-refractivity contribution < 1.29 is 0 Å². The maximum absolute atomic E-state index is 6.54. The molecule has 0 radical (unpaired) electrons. The monoisotopic (exact) mass is 544 g/mol. The molecule has 2 aromatic carbocycles. The maximum atomic E-state index is 6.54. The van der Waals surface area contributed by atoms with E-state index in [-0.39, 0.29) is 0 Å². The molecule has 0 spiro atoms. The Morgan fingerprint density at radius 2 is 0.850 bits per heavy atom. The summed E-state index contributed by atoms with van der Waals surface area (Å²) in [7, 11) is 0. The molecule has 220 valence electrons. The highest BCUT2D eigenvalue weighted by Crippen LogP contribution is 2.36. The van der Waals surface area contributed by atoms with Crippen LogP contribution in [0, 0.1) is 36.5 Å². The second kappa shape index (κ2) is 19.8. The van der Waals surface area contributed by atoms with Crippen LogP contribution >= 0.6 is 0 Å². The van der Waals surface area contributed by atoms with Gasteiger partial charge in [0, 0.05) is 12.4 Å². The van der Waals surface area contributed by atoms with Crippen molar-refractivity contribution in [3.63, 3.8) is 0 Å². The largest absolute Gasteiger partial charge is 0.404 e. The average molecular weight is 545 g/mol. The molecular weight excluding hydrogens is 488 g/mol. The van der Waals surface area contributed by atoms with E-state index in [1.807, 2.05) is 0 Å². The molecule has 0 aliphatic heterocycles. The molecule has 2 aromatic rings. The Balaban J connectivity index is 0.000000290. The molecule has 2 saturated carbocycles. The van der Waals surface area contributed by atoms with Crippen molar-refractivity contribution in [2.24, 2.45) is 23.3 Å². The zero-order valence-electron chi connectivity index (χ0n) is 26.0. The number of rotatable bonds is 4. The van der Waals surface area contributed by atoms with Gasteiger partial charge in [-0.3, -0.25) is 0 Å². The topological polar surface area (TPSA) is 99.7 Å². The van der Waals surface area contributed by atoms with Crippen molar-refractivity contribution in [3.05, 3.63) is 94.3 Å². The standard InChI is InChI=1S/2C14H20.2C4H8N2/c2*1-11-3-7-13(8-4-11)14-9-5-12(2)6-10-14;2*1-4(2-5)3-6/h2*3-4,7-8,12,14H,5-6,9-10H2,1-2H3;2*2-3,5H,6H2,1H3/b;;2*4-3-,5-2?. The van der Waals surface area contributed by atoms with Gasteiger partial charge in [0.05, 0.1) is 0 Å². The Hall–Kier alpha value is -3.14. The highest BCUT2D eigenvalue weighted by Gasteiger charge is 2.20. The molecule has 0 aromatic heterocycles. The molecule has 4 rings (SSSR count). The van der Waals surface area contributed by atoms with Gasteiger partial charge in [-0.05, 0) is 112 Å². The van der Waals surface area contributed by atoms with Crippen molar-refractivity contribution in [1.82, 2.24) is 0 Å². The highest BCUT2D eigenvalue weighted by molar-refractivity contribution is 5.74. The van der Waals surface area contributed by atoms with E-state index in [4.69, 9.17) is 22.3 Å². The summed E-state index contributed by atoms with van der Waals surface area (Å²) in [5.74, 6) is 3.59. The van der Waals surface area contributed by atoms with E-state index < -0.39 is 0 Å². The minimum Gasteiger partial charge on any atom is -0.404 e. The summed E-state index contributed by atoms with van der Waals surface area (Å²) in [4.78, 5) is 0. The van der Waals surface area contributed by atoms with E-state index in [0.717, 1.165) is 34.8 Å². The smallest absolute Gasteiger partial charge is 0.0221 e. The minimum atomic E-state index is 0.787. The molecule has 40 heavy (non-hydrogen) atoms. The molecule has 0 atom stereocenters. The Morgan fingerprint density at radius 3 is 1.05 bits per heavy atom. The first-order valence-corrected chi connectivity index (χ1v) is 15.0. The van der Waals surface area contributed by atoms with Crippen LogP contribution in [-0.2, 0) is 0 Å². The van der Waals surface area contributed by atoms with Crippen LogP contribution in [0.2, 0.25) is 0 Å². The first-order valence-electron chi connectivity index (χ1n) is 15.0. The zero-order chi connectivity index (χ0) is 29.9. The molecule has 6 N–H and O–H groups in total. The van der Waals surface area contributed by atoms with Gasteiger partial charge in [0.15, 0.2) is 0 Å². The van der Waals surface area contributed by atoms with E-state index in [0.29, 0.717) is 0 Å². The summed E-state index contributed by atoms with van der Waals surface area (Å²) in [6, 6.07) is 18.2. The van der Waals surface area contributed by atoms with Crippen molar-refractivity contribution >= 4 is 12.4 Å². The molecular formula is C36H56N4. The van der Waals surface area contributed by atoms with Gasteiger partial charge in [-0.1, -0.05) is 99.2 Å². The van der Waals surface area contributed by atoms with Crippen LogP contribution in [0.3, 0.4) is 0 Å². The lowest BCUT2D eigenvalue weighted by Gasteiger charge is -2.26. The summed E-state index contributed by atoms with van der Waals surface area (Å²) < 4.78 is 0. The molecule has 0 unspecified atom stereocenters. The lowest BCUT2D eigenvalue weighted by Crippen LogP contribution is -2.10. The second-order valence-corrected chi connectivity index (χ2v) is 11.8. The number of benzene rings is 2. The van der Waals surface area contributed by atoms with Gasteiger partial charge in [-0.2, -0.15) is 0 Å². The molecule has 2 aliphatic carbocycles. The molecule has 0 heterocycles. The quantitative estimate of drug-likeness (QED) is 0.288. The van der Waals surface area contributed by atoms with Crippen molar-refractivity contribution in [3.8, 4) is 0 Å². The van der Waals surface area contributed by atoms with Crippen LogP contribution in [0.15, 0.2) is 72.1 Å². The van der Waals surface area contributed by atoms with E-state index in [1.54, 1.807) is 25.0 Å². The first kappa shape index (κ1) is 34.9. The Morgan fingerprint density at radius 1 is 0.575 bits per heavy atom. The van der Waals surface area contributed by atoms with Crippen LogP contribution in [0.4, 0.5) is 0 Å². The average Bonchev–Trinajstić information content (AvgIpc) is 2.99. The van der Waals surface area contributed by atoms with Crippen LogP contribution in [0.25, 0.3) is 0 Å². The lowest BCUT2D eigenvalue weighted by atomic mass is 9.79. The number of aryl methyl sites for hydroxylation is 2. The number of hydrogen-bond donors (Lipinski definition) is 4. The predicted octanol–water partition coefficient (Wildman–Crippen LogP) is 9.57. The third-order valence-corrected chi connectivity index (χ3v) is 8.11. The third kappa shape index (κ3) is 14.3. The van der Waals surface area contributed by atoms with Crippen molar-refractivity contribution in [1.29, 1.82) is 10.8 Å². The van der Waals surface area contributed by atoms with E-state index in [1.165, 1.54) is 87.3 Å². The van der Waals surface area contributed by atoms with Crippen LogP contribution < -0.4 is 11.5 Å². The van der Waals surface area contributed by atoms with Crippen LogP contribution in [0.5, 0.6) is 0 Å². The minimum absolute atomic E-state index is 0.787. The Kier molecular flexibility index (Phi) is 17.3. The molecule has 0 bridgehead atoms. The number of nitrogens with two attached hydrogens (primary N) is 2. The summed E-state index contributed by atoms with van der Waals surface area (Å²) in [6.07, 6.45) is 16.4. The highest BCUT2D eigenvalue weighted by atomic mass is 14.5. The first-order chi connectivity index (χ1) is 19.1. The second-order valence-electron chi connectivity index (χ2n) is 11.8. The zero-order valence-corrected chi connectivity index (χ0v) is 26.0. The van der Waals surface area contributed by atoms with Gasteiger partial charge in [0.1, 0.15) is 0 Å². The van der Waals surface area contributed by atoms with E-state index in [2.05, 4.69) is 76.2 Å². The summed E-state index contributed by atoms with van der Waals surface area (Å²) in [5.41, 5.74) is 17.4. The van der Waals surface area contributed by atoms with Crippen LogP contribution in [0.1, 0.15) is 113 Å². The van der Waals surface area contributed by atoms with Gasteiger partial charge in [-0.15, -0.1) is 0 Å². The number of nitrogens with one attached hydrogen (secondary N) is 2. The van der Waals surface area contributed by atoms with Gasteiger partial charge >= 0.3 is 0 Å². The lowest BCUT2D eigenvalue weighted by molar-refractivity contribution is 0.348. The van der Waals surface area contributed by atoms with Crippen molar-refractivity contribution in [2.45, 2.75) is 105 Å². The van der Waals surface area contributed by atoms with Gasteiger partial charge in [-0.25, -0.2) is 0 Å². The van der Waals surface area contributed by atoms with Gasteiger partial charge in [0.2, 0.25) is 0 Å². The summed E-state index contributed by atoms with van der Waals surface area (Å²) in [5, 5.41) is 13.1. The molecule has 2 aliphatic rings. The molecule has 4 nitrogen and oxygen atoms in total. The fraction of sp³-hybridized carbons (Fsp3) is 0.500. The summed E-state index contributed by atoms with van der Waals surface area (Å²) >= 11 is 0. The van der Waals surface area contributed by atoms with Crippen molar-refractivity contribution in [2.75, 3.05) is 0 Å². The van der Waals surface area contributed by atoms with Gasteiger partial charge < -0.3 is 22.3 Å². The molecule has 0 amide bonds. The Labute approximate surface area is 245 Å². The van der Waals surface area contributed by atoms with Crippen LogP contribution in [-0.4, -0.2) is 12.4 Å². The summed E-state index contributed by atoms with van der Waals surface area (Å²) in [6.45, 7) is 12.6.